The van der Waals surface area contributed by atoms with Crippen molar-refractivity contribution in [1.29, 1.82) is 0 Å². The first kappa shape index (κ1) is 20.5. The lowest BCUT2D eigenvalue weighted by molar-refractivity contribution is 0.472. The van der Waals surface area contributed by atoms with Gasteiger partial charge in [0, 0.05) is 0 Å². The molecule has 0 aromatic heterocycles. The summed E-state index contributed by atoms with van der Waals surface area (Å²) in [4.78, 5) is 0. The Bertz CT molecular complexity index is 857. The molecule has 5 heteroatoms. The Hall–Kier alpha value is -2.21. The second-order valence-electron chi connectivity index (χ2n) is 7.10. The van der Waals surface area contributed by atoms with Crippen LogP contribution in [0.5, 0.6) is 0 Å². The SMILES string of the molecule is CCS(=O)(=O)O[Si](Cc1ccccc1)(Cc1ccccc1)Cc1ccccc1. The van der Waals surface area contributed by atoms with Gasteiger partial charge >= 0.3 is 0 Å². The van der Waals surface area contributed by atoms with Crippen molar-refractivity contribution in [2.75, 3.05) is 5.75 Å². The highest BCUT2D eigenvalue weighted by molar-refractivity contribution is 7.87. The van der Waals surface area contributed by atoms with E-state index in [4.69, 9.17) is 3.87 Å². The van der Waals surface area contributed by atoms with Crippen molar-refractivity contribution in [2.45, 2.75) is 25.1 Å². The van der Waals surface area contributed by atoms with Crippen LogP contribution < -0.4 is 0 Å². The molecule has 0 radical (unpaired) electrons. The molecule has 0 amide bonds. The summed E-state index contributed by atoms with van der Waals surface area (Å²) in [6.07, 6.45) is 0. The van der Waals surface area contributed by atoms with Gasteiger partial charge in [-0.2, -0.15) is 0 Å². The quantitative estimate of drug-likeness (QED) is 0.483. The molecule has 0 heterocycles. The van der Waals surface area contributed by atoms with E-state index >= 15 is 0 Å². The minimum absolute atomic E-state index is 0.0138. The van der Waals surface area contributed by atoms with Crippen LogP contribution in [-0.2, 0) is 32.1 Å². The fourth-order valence-corrected chi connectivity index (χ4v) is 10.2. The fourth-order valence-electron chi connectivity index (χ4n) is 3.51. The summed E-state index contributed by atoms with van der Waals surface area (Å²) in [5.41, 5.74) is 3.35. The summed E-state index contributed by atoms with van der Waals surface area (Å²) in [7, 11) is -6.34. The van der Waals surface area contributed by atoms with E-state index in [0.717, 1.165) is 16.7 Å². The van der Waals surface area contributed by atoms with Gasteiger partial charge in [-0.15, -0.1) is 0 Å². The van der Waals surface area contributed by atoms with Crippen LogP contribution in [0.3, 0.4) is 0 Å². The zero-order chi connectivity index (χ0) is 19.9. The van der Waals surface area contributed by atoms with Crippen molar-refractivity contribution in [3.05, 3.63) is 108 Å². The molecule has 0 aliphatic carbocycles. The number of rotatable bonds is 9. The van der Waals surface area contributed by atoms with Gasteiger partial charge in [0.1, 0.15) is 0 Å². The highest BCUT2D eigenvalue weighted by atomic mass is 32.2. The summed E-state index contributed by atoms with van der Waals surface area (Å²) in [6, 6.07) is 32.2. The van der Waals surface area contributed by atoms with Crippen LogP contribution in [0.1, 0.15) is 23.6 Å². The maximum Gasteiger partial charge on any atom is 0.257 e. The fraction of sp³-hybridized carbons (Fsp3) is 0.217. The molecule has 0 aliphatic heterocycles. The number of hydrogen-bond acceptors (Lipinski definition) is 3. The van der Waals surface area contributed by atoms with Gasteiger partial charge in [0.05, 0.1) is 5.75 Å². The van der Waals surface area contributed by atoms with Gasteiger partial charge < -0.3 is 3.87 Å². The second-order valence-corrected chi connectivity index (χ2v) is 12.9. The Morgan fingerprint density at radius 2 is 0.964 bits per heavy atom. The Balaban J connectivity index is 2.05. The van der Waals surface area contributed by atoms with Crippen LogP contribution in [0.4, 0.5) is 0 Å². The van der Waals surface area contributed by atoms with Crippen molar-refractivity contribution >= 4 is 18.4 Å². The van der Waals surface area contributed by atoms with Gasteiger partial charge in [-0.25, -0.2) is 8.42 Å². The van der Waals surface area contributed by atoms with Crippen molar-refractivity contribution in [3.63, 3.8) is 0 Å². The minimum atomic E-state index is -3.58. The molecule has 0 unspecified atom stereocenters. The van der Waals surface area contributed by atoms with Gasteiger partial charge in [-0.05, 0) is 41.7 Å². The molecule has 0 bridgehead atoms. The van der Waals surface area contributed by atoms with Gasteiger partial charge in [-0.1, -0.05) is 91.0 Å². The van der Waals surface area contributed by atoms with E-state index in [1.54, 1.807) is 6.92 Å². The van der Waals surface area contributed by atoms with Crippen LogP contribution in [0.25, 0.3) is 0 Å². The average Bonchev–Trinajstić information content (AvgIpc) is 2.70. The first-order valence-corrected chi connectivity index (χ1v) is 13.7. The Kier molecular flexibility index (Phi) is 6.83. The molecule has 3 aromatic carbocycles. The van der Waals surface area contributed by atoms with Crippen molar-refractivity contribution in [1.82, 2.24) is 0 Å². The van der Waals surface area contributed by atoms with Gasteiger partial charge in [0.25, 0.3) is 10.1 Å². The first-order chi connectivity index (χ1) is 13.5. The predicted octanol–water partition coefficient (Wildman–Crippen LogP) is 4.64. The number of hydrogen-bond donors (Lipinski definition) is 0. The second kappa shape index (κ2) is 9.32. The van der Waals surface area contributed by atoms with Crippen LogP contribution >= 0.6 is 0 Å². The summed E-state index contributed by atoms with van der Waals surface area (Å²) in [5.74, 6) is -0.0138. The lowest BCUT2D eigenvalue weighted by Crippen LogP contribution is -2.49. The van der Waals surface area contributed by atoms with Crippen LogP contribution in [0.15, 0.2) is 91.0 Å². The smallest absolute Gasteiger partial charge is 0.257 e. The van der Waals surface area contributed by atoms with Gasteiger partial charge in [-0.3, -0.25) is 0 Å². The maximum atomic E-state index is 12.6. The first-order valence-electron chi connectivity index (χ1n) is 9.55. The molecular weight excluding hydrogens is 384 g/mol. The highest BCUT2D eigenvalue weighted by Crippen LogP contribution is 2.26. The third-order valence-electron chi connectivity index (χ3n) is 4.76. The van der Waals surface area contributed by atoms with E-state index in [1.807, 2.05) is 54.6 Å². The topological polar surface area (TPSA) is 43.4 Å². The van der Waals surface area contributed by atoms with Crippen molar-refractivity contribution in [3.8, 4) is 0 Å². The molecule has 0 saturated carbocycles. The third-order valence-corrected chi connectivity index (χ3v) is 11.1. The van der Waals surface area contributed by atoms with Gasteiger partial charge in [0.2, 0.25) is 8.32 Å². The van der Waals surface area contributed by atoms with Gasteiger partial charge in [0.15, 0.2) is 0 Å². The van der Waals surface area contributed by atoms with Crippen molar-refractivity contribution < 1.29 is 12.3 Å². The standard InChI is InChI=1S/C23H26O3SSi/c1-2-27(24,25)26-28(18-21-12-6-3-7-13-21,19-22-14-8-4-9-15-22)20-23-16-10-5-11-17-23/h3-17H,2,18-20H2,1H3. The molecule has 3 nitrogen and oxygen atoms in total. The van der Waals surface area contributed by atoms with Crippen LogP contribution in [0.2, 0.25) is 0 Å². The normalized spacial score (nSPS) is 12.0. The summed E-state index contributed by atoms with van der Waals surface area (Å²) < 4.78 is 31.3. The molecule has 146 valence electrons. The summed E-state index contributed by atoms with van der Waals surface area (Å²) >= 11 is 0. The van der Waals surface area contributed by atoms with Crippen LogP contribution in [0, 0.1) is 0 Å². The van der Waals surface area contributed by atoms with Crippen LogP contribution in [-0.4, -0.2) is 22.5 Å². The molecule has 0 saturated heterocycles. The number of benzene rings is 3. The molecular formula is C23H26O3SSi. The average molecular weight is 411 g/mol. The molecule has 0 N–H and O–H groups in total. The molecule has 0 spiro atoms. The highest BCUT2D eigenvalue weighted by Gasteiger charge is 2.40. The van der Waals surface area contributed by atoms with Crippen molar-refractivity contribution in [2.24, 2.45) is 0 Å². The minimum Gasteiger partial charge on any atom is -0.314 e. The summed E-state index contributed by atoms with van der Waals surface area (Å²) in [6.45, 7) is 1.64. The zero-order valence-corrected chi connectivity index (χ0v) is 17.9. The lowest BCUT2D eigenvalue weighted by Gasteiger charge is -2.31. The van der Waals surface area contributed by atoms with E-state index in [1.165, 1.54) is 0 Å². The van der Waals surface area contributed by atoms with E-state index < -0.39 is 18.4 Å². The van der Waals surface area contributed by atoms with E-state index in [0.29, 0.717) is 18.1 Å². The lowest BCUT2D eigenvalue weighted by atomic mass is 10.2. The molecule has 28 heavy (non-hydrogen) atoms. The zero-order valence-electron chi connectivity index (χ0n) is 16.1. The Labute approximate surface area is 169 Å². The Morgan fingerprint density at radius 3 is 1.25 bits per heavy atom. The molecule has 3 rings (SSSR count). The Morgan fingerprint density at radius 1 is 0.643 bits per heavy atom. The van der Waals surface area contributed by atoms with E-state index in [-0.39, 0.29) is 5.75 Å². The molecule has 0 atom stereocenters. The predicted molar refractivity (Wildman–Crippen MR) is 117 cm³/mol. The summed E-state index contributed by atoms with van der Waals surface area (Å²) in [5, 5.41) is 0. The monoisotopic (exact) mass is 410 g/mol. The third kappa shape index (κ3) is 5.89. The maximum absolute atomic E-state index is 12.6. The molecule has 0 aliphatic rings. The largest absolute Gasteiger partial charge is 0.314 e. The molecule has 3 aromatic rings. The molecule has 0 fully saturated rings. The van der Waals surface area contributed by atoms with E-state index in [2.05, 4.69) is 36.4 Å². The van der Waals surface area contributed by atoms with E-state index in [9.17, 15) is 8.42 Å².